The summed E-state index contributed by atoms with van der Waals surface area (Å²) in [7, 11) is 0. The van der Waals surface area contributed by atoms with Crippen LogP contribution in [-0.4, -0.2) is 44.5 Å². The molecule has 1 aliphatic rings. The summed E-state index contributed by atoms with van der Waals surface area (Å²) in [4.78, 5) is 31.0. The van der Waals surface area contributed by atoms with E-state index in [0.29, 0.717) is 13.0 Å². The number of aliphatic carboxylic acids is 1. The van der Waals surface area contributed by atoms with Crippen LogP contribution >= 0.6 is 0 Å². The van der Waals surface area contributed by atoms with Crippen LogP contribution in [0, 0.1) is 11.8 Å². The zero-order chi connectivity index (χ0) is 19.7. The fourth-order valence-electron chi connectivity index (χ4n) is 4.12. The second kappa shape index (κ2) is 7.46. The van der Waals surface area contributed by atoms with Crippen LogP contribution in [0.2, 0.25) is 0 Å². The minimum absolute atomic E-state index is 0.0648. The fourth-order valence-corrected chi connectivity index (χ4v) is 4.12. The third-order valence-corrected chi connectivity index (χ3v) is 5.67. The van der Waals surface area contributed by atoms with Gasteiger partial charge in [-0.05, 0) is 37.0 Å². The lowest BCUT2D eigenvalue weighted by Gasteiger charge is -2.22. The normalized spacial score (nSPS) is 20.4. The number of carboxylic acid groups (broad SMARTS) is 1. The summed E-state index contributed by atoms with van der Waals surface area (Å²) in [5.41, 5.74) is 2.84. The quantitative estimate of drug-likeness (QED) is 0.742. The lowest BCUT2D eigenvalue weighted by atomic mass is 9.90. The Morgan fingerprint density at radius 2 is 1.82 bits per heavy atom. The molecule has 3 atom stereocenters. The van der Waals surface area contributed by atoms with Crippen molar-refractivity contribution >= 4 is 22.9 Å². The molecule has 0 spiro atoms. The van der Waals surface area contributed by atoms with Gasteiger partial charge >= 0.3 is 5.97 Å². The molecule has 6 nitrogen and oxygen atoms in total. The first kappa shape index (κ1) is 18.2. The molecular formula is C22H23N3O3. The number of amides is 1. The van der Waals surface area contributed by atoms with Crippen molar-refractivity contribution in [2.45, 2.75) is 19.4 Å². The molecule has 0 aliphatic carbocycles. The van der Waals surface area contributed by atoms with E-state index in [2.05, 4.69) is 4.98 Å². The molecule has 2 heterocycles. The van der Waals surface area contributed by atoms with Gasteiger partial charge in [-0.2, -0.15) is 0 Å². The Labute approximate surface area is 163 Å². The highest BCUT2D eigenvalue weighted by molar-refractivity contribution is 5.84. The largest absolute Gasteiger partial charge is 0.481 e. The second-order valence-corrected chi connectivity index (χ2v) is 7.45. The lowest BCUT2D eigenvalue weighted by Crippen LogP contribution is -2.35. The van der Waals surface area contributed by atoms with Crippen LogP contribution in [0.4, 0.5) is 0 Å². The number of likely N-dealkylation sites (tertiary alicyclic amines) is 1. The van der Waals surface area contributed by atoms with Crippen molar-refractivity contribution in [3.63, 3.8) is 0 Å². The minimum Gasteiger partial charge on any atom is -0.481 e. The highest BCUT2D eigenvalue weighted by Gasteiger charge is 2.40. The molecule has 2 aromatic carbocycles. The molecule has 6 heteroatoms. The Kier molecular flexibility index (Phi) is 4.86. The van der Waals surface area contributed by atoms with E-state index in [-0.39, 0.29) is 18.4 Å². The Morgan fingerprint density at radius 3 is 2.57 bits per heavy atom. The molecule has 1 amide bonds. The van der Waals surface area contributed by atoms with Crippen LogP contribution in [-0.2, 0) is 16.0 Å². The summed E-state index contributed by atoms with van der Waals surface area (Å²) in [5.74, 6) is -1.53. The summed E-state index contributed by atoms with van der Waals surface area (Å²) in [5, 5.41) is 9.67. The van der Waals surface area contributed by atoms with Crippen LogP contribution in [0.25, 0.3) is 11.0 Å². The maximum atomic E-state index is 13.1. The molecule has 4 rings (SSSR count). The smallest absolute Gasteiger partial charge is 0.308 e. The molecule has 1 saturated heterocycles. The predicted molar refractivity (Wildman–Crippen MR) is 106 cm³/mol. The van der Waals surface area contributed by atoms with Crippen molar-refractivity contribution in [1.29, 1.82) is 0 Å². The molecule has 28 heavy (non-hydrogen) atoms. The van der Waals surface area contributed by atoms with Crippen LogP contribution in [0.1, 0.15) is 18.5 Å². The summed E-state index contributed by atoms with van der Waals surface area (Å²) in [6.45, 7) is 2.56. The van der Waals surface area contributed by atoms with Crippen LogP contribution < -0.4 is 0 Å². The van der Waals surface area contributed by atoms with E-state index in [1.807, 2.05) is 66.1 Å². The van der Waals surface area contributed by atoms with Gasteiger partial charge in [-0.15, -0.1) is 0 Å². The van der Waals surface area contributed by atoms with Gasteiger partial charge in [0.2, 0.25) is 5.91 Å². The van der Waals surface area contributed by atoms with E-state index in [9.17, 15) is 14.7 Å². The van der Waals surface area contributed by atoms with Gasteiger partial charge < -0.3 is 14.6 Å². The number of imidazole rings is 1. The van der Waals surface area contributed by atoms with Crippen LogP contribution in [0.3, 0.4) is 0 Å². The summed E-state index contributed by atoms with van der Waals surface area (Å²) in [6, 6.07) is 17.1. The van der Waals surface area contributed by atoms with Gasteiger partial charge in [0.15, 0.2) is 0 Å². The highest BCUT2D eigenvalue weighted by atomic mass is 16.4. The maximum absolute atomic E-state index is 13.1. The van der Waals surface area contributed by atoms with E-state index in [1.165, 1.54) is 0 Å². The number of fused-ring (bicyclic) bond motifs is 1. The summed E-state index contributed by atoms with van der Waals surface area (Å²) >= 11 is 0. The van der Waals surface area contributed by atoms with Crippen molar-refractivity contribution in [2.75, 3.05) is 13.1 Å². The molecule has 1 fully saturated rings. The molecule has 3 aromatic rings. The average molecular weight is 377 g/mol. The number of hydrogen-bond acceptors (Lipinski definition) is 3. The Bertz CT molecular complexity index is 998. The zero-order valence-electron chi connectivity index (χ0n) is 15.7. The predicted octanol–water partition coefficient (Wildman–Crippen LogP) is 3.00. The van der Waals surface area contributed by atoms with Crippen molar-refractivity contribution in [3.05, 3.63) is 66.5 Å². The molecule has 0 radical (unpaired) electrons. The van der Waals surface area contributed by atoms with Crippen LogP contribution in [0.15, 0.2) is 60.9 Å². The van der Waals surface area contributed by atoms with Crippen molar-refractivity contribution in [3.8, 4) is 0 Å². The maximum Gasteiger partial charge on any atom is 0.308 e. The number of benzene rings is 2. The number of hydrogen-bond donors (Lipinski definition) is 1. The topological polar surface area (TPSA) is 75.4 Å². The molecule has 1 aromatic heterocycles. The van der Waals surface area contributed by atoms with E-state index < -0.39 is 17.9 Å². The second-order valence-electron chi connectivity index (χ2n) is 7.45. The molecular weight excluding hydrogens is 354 g/mol. The molecule has 1 aliphatic heterocycles. The van der Waals surface area contributed by atoms with E-state index in [1.54, 1.807) is 11.2 Å². The number of nitrogens with zero attached hydrogens (tertiary/aromatic N) is 3. The summed E-state index contributed by atoms with van der Waals surface area (Å²) in [6.07, 6.45) is 2.34. The van der Waals surface area contributed by atoms with Gasteiger partial charge in [-0.3, -0.25) is 9.59 Å². The van der Waals surface area contributed by atoms with E-state index in [4.69, 9.17) is 0 Å². The standard InChI is InChI=1S/C22H23N3O3/c1-15(25-14-23-19-9-5-6-10-20(19)25)21(26)24-12-17(18(13-24)22(27)28)11-16-7-3-2-4-8-16/h2-10,14-15,17-18H,11-13H2,1H3,(H,27,28)/t15?,17-,18-/m1/s1. The van der Waals surface area contributed by atoms with Gasteiger partial charge in [0.05, 0.1) is 23.3 Å². The first-order valence-corrected chi connectivity index (χ1v) is 9.51. The third-order valence-electron chi connectivity index (χ3n) is 5.67. The first-order chi connectivity index (χ1) is 13.5. The molecule has 144 valence electrons. The van der Waals surface area contributed by atoms with Gasteiger partial charge in [-0.25, -0.2) is 4.98 Å². The van der Waals surface area contributed by atoms with Gasteiger partial charge in [0.25, 0.3) is 0 Å². The average Bonchev–Trinajstić information content (AvgIpc) is 3.32. The number of carbonyl (C=O) groups excluding carboxylic acids is 1. The van der Waals surface area contributed by atoms with Crippen LogP contribution in [0.5, 0.6) is 0 Å². The first-order valence-electron chi connectivity index (χ1n) is 9.51. The Hall–Kier alpha value is -3.15. The van der Waals surface area contributed by atoms with Crippen molar-refractivity contribution in [2.24, 2.45) is 11.8 Å². The summed E-state index contributed by atoms with van der Waals surface area (Å²) < 4.78 is 1.86. The lowest BCUT2D eigenvalue weighted by molar-refractivity contribution is -0.142. The van der Waals surface area contributed by atoms with E-state index in [0.717, 1.165) is 16.6 Å². The SMILES string of the molecule is CC(C(=O)N1C[C@@H](Cc2ccccc2)[C@H](C(=O)O)C1)n1cnc2ccccc21. The van der Waals surface area contributed by atoms with Crippen molar-refractivity contribution < 1.29 is 14.7 Å². The molecule has 1 unspecified atom stereocenters. The number of carbonyl (C=O) groups is 2. The Morgan fingerprint density at radius 1 is 1.11 bits per heavy atom. The third kappa shape index (κ3) is 3.38. The fraction of sp³-hybridized carbons (Fsp3) is 0.318. The monoisotopic (exact) mass is 377 g/mol. The molecule has 0 saturated carbocycles. The molecule has 0 bridgehead atoms. The van der Waals surface area contributed by atoms with Gasteiger partial charge in [0, 0.05) is 13.1 Å². The van der Waals surface area contributed by atoms with Gasteiger partial charge in [0.1, 0.15) is 6.04 Å². The minimum atomic E-state index is -0.836. The molecule has 1 N–H and O–H groups in total. The van der Waals surface area contributed by atoms with E-state index >= 15 is 0 Å². The number of carboxylic acids is 1. The van der Waals surface area contributed by atoms with Gasteiger partial charge in [-0.1, -0.05) is 42.5 Å². The zero-order valence-corrected chi connectivity index (χ0v) is 15.7. The number of aromatic nitrogens is 2. The number of para-hydroxylation sites is 2. The highest BCUT2D eigenvalue weighted by Crippen LogP contribution is 2.29. The Balaban J connectivity index is 1.53. The number of rotatable bonds is 5. The van der Waals surface area contributed by atoms with Crippen molar-refractivity contribution in [1.82, 2.24) is 14.5 Å².